The number of carbonyl (C=O) groups is 1. The molecule has 0 aliphatic carbocycles. The Kier molecular flexibility index (Phi) is 5.35. The maximum Gasteiger partial charge on any atom is 0.317 e. The van der Waals surface area contributed by atoms with Crippen molar-refractivity contribution < 1.29 is 9.53 Å². The summed E-state index contributed by atoms with van der Waals surface area (Å²) in [4.78, 5) is 13.8. The van der Waals surface area contributed by atoms with Gasteiger partial charge in [-0.05, 0) is 13.0 Å². The molecule has 0 fully saturated rings. The largest absolute Gasteiger partial charge is 0.496 e. The van der Waals surface area contributed by atoms with E-state index in [0.29, 0.717) is 13.1 Å². The minimum atomic E-state index is -0.170. The quantitative estimate of drug-likeness (QED) is 0.880. The summed E-state index contributed by atoms with van der Waals surface area (Å²) in [5.74, 6) is 1.51. The first-order chi connectivity index (χ1) is 10.7. The molecule has 0 atom stereocenters. The molecule has 0 radical (unpaired) electrons. The van der Waals surface area contributed by atoms with Gasteiger partial charge < -0.3 is 19.5 Å². The number of methoxy groups -OCH3 is 1. The Balaban J connectivity index is 1.92. The normalized spacial score (nSPS) is 10.3. The fraction of sp³-hybridized carbons (Fsp3) is 0.400. The van der Waals surface area contributed by atoms with Crippen LogP contribution in [0.3, 0.4) is 0 Å². The van der Waals surface area contributed by atoms with E-state index < -0.39 is 0 Å². The molecule has 7 heteroatoms. The lowest BCUT2D eigenvalue weighted by Crippen LogP contribution is -2.37. The molecule has 0 aliphatic rings. The molecule has 118 valence electrons. The van der Waals surface area contributed by atoms with Gasteiger partial charge in [0.1, 0.15) is 12.1 Å². The zero-order valence-corrected chi connectivity index (χ0v) is 13.1. The van der Waals surface area contributed by atoms with Crippen molar-refractivity contribution in [3.05, 3.63) is 42.0 Å². The Hall–Kier alpha value is -2.57. The molecule has 0 bridgehead atoms. The molecule has 0 saturated carbocycles. The number of carbonyl (C=O) groups excluding carboxylic acids is 1. The summed E-state index contributed by atoms with van der Waals surface area (Å²) in [6.07, 6.45) is 1.65. The number of rotatable bonds is 6. The highest BCUT2D eigenvalue weighted by molar-refractivity contribution is 5.73. The minimum Gasteiger partial charge on any atom is -0.496 e. The number of hydrogen-bond donors (Lipinski definition) is 1. The summed E-state index contributed by atoms with van der Waals surface area (Å²) in [7, 11) is 3.36. The van der Waals surface area contributed by atoms with Gasteiger partial charge in [0.25, 0.3) is 0 Å². The third-order valence-corrected chi connectivity index (χ3v) is 3.38. The van der Waals surface area contributed by atoms with Crippen LogP contribution in [0.1, 0.15) is 18.3 Å². The van der Waals surface area contributed by atoms with Gasteiger partial charge in [0, 0.05) is 19.2 Å². The summed E-state index contributed by atoms with van der Waals surface area (Å²) in [5, 5.41) is 10.7. The van der Waals surface area contributed by atoms with E-state index in [-0.39, 0.29) is 6.03 Å². The highest BCUT2D eigenvalue weighted by Crippen LogP contribution is 2.18. The van der Waals surface area contributed by atoms with Gasteiger partial charge in [-0.25, -0.2) is 4.79 Å². The standard InChI is InChI=1S/C15H21N5O2/c1-4-20-11-17-18-14(20)9-16-15(21)19(2)10-12-7-5-6-8-13(12)22-3/h5-8,11H,4,9-10H2,1-3H3,(H,16,21). The van der Waals surface area contributed by atoms with E-state index in [2.05, 4.69) is 15.5 Å². The minimum absolute atomic E-state index is 0.170. The zero-order valence-electron chi connectivity index (χ0n) is 13.1. The number of hydrogen-bond acceptors (Lipinski definition) is 4. The molecule has 1 aromatic carbocycles. The Morgan fingerprint density at radius 2 is 2.18 bits per heavy atom. The van der Waals surface area contributed by atoms with E-state index in [1.165, 1.54) is 0 Å². The number of benzene rings is 1. The summed E-state index contributed by atoms with van der Waals surface area (Å²) >= 11 is 0. The fourth-order valence-corrected chi connectivity index (χ4v) is 2.13. The van der Waals surface area contributed by atoms with Crippen LogP contribution in [0.15, 0.2) is 30.6 Å². The average molecular weight is 303 g/mol. The molecule has 2 amide bonds. The molecule has 0 spiro atoms. The van der Waals surface area contributed by atoms with Crippen molar-refractivity contribution in [2.45, 2.75) is 26.6 Å². The van der Waals surface area contributed by atoms with Gasteiger partial charge >= 0.3 is 6.03 Å². The van der Waals surface area contributed by atoms with Crippen LogP contribution in [0.4, 0.5) is 4.79 Å². The van der Waals surface area contributed by atoms with Crippen LogP contribution in [0, 0.1) is 0 Å². The van der Waals surface area contributed by atoms with Crippen LogP contribution >= 0.6 is 0 Å². The molecule has 1 N–H and O–H groups in total. The van der Waals surface area contributed by atoms with Crippen molar-refractivity contribution in [1.29, 1.82) is 0 Å². The lowest BCUT2D eigenvalue weighted by atomic mass is 10.2. The van der Waals surface area contributed by atoms with E-state index in [0.717, 1.165) is 23.7 Å². The Morgan fingerprint density at radius 1 is 1.41 bits per heavy atom. The SMILES string of the molecule is CCn1cnnc1CNC(=O)N(C)Cc1ccccc1OC. The van der Waals surface area contributed by atoms with Gasteiger partial charge in [0.2, 0.25) is 0 Å². The third-order valence-electron chi connectivity index (χ3n) is 3.38. The summed E-state index contributed by atoms with van der Waals surface area (Å²) in [5.41, 5.74) is 0.958. The topological polar surface area (TPSA) is 72.3 Å². The second kappa shape index (κ2) is 7.44. The number of nitrogens with one attached hydrogen (secondary N) is 1. The van der Waals surface area contributed by atoms with E-state index >= 15 is 0 Å². The number of amides is 2. The smallest absolute Gasteiger partial charge is 0.317 e. The van der Waals surface area contributed by atoms with Crippen LogP contribution < -0.4 is 10.1 Å². The molecule has 22 heavy (non-hydrogen) atoms. The first kappa shape index (κ1) is 15.8. The molecule has 2 rings (SSSR count). The van der Waals surface area contributed by atoms with Crippen molar-refractivity contribution in [2.24, 2.45) is 0 Å². The number of urea groups is 1. The highest BCUT2D eigenvalue weighted by atomic mass is 16.5. The van der Waals surface area contributed by atoms with Crippen molar-refractivity contribution in [2.75, 3.05) is 14.2 Å². The highest BCUT2D eigenvalue weighted by Gasteiger charge is 2.12. The van der Waals surface area contributed by atoms with Gasteiger partial charge in [-0.15, -0.1) is 10.2 Å². The molecule has 1 aromatic heterocycles. The Labute approximate surface area is 129 Å². The molecule has 2 aromatic rings. The first-order valence-corrected chi connectivity index (χ1v) is 7.13. The second-order valence-corrected chi connectivity index (χ2v) is 4.86. The van der Waals surface area contributed by atoms with Gasteiger partial charge in [-0.1, -0.05) is 18.2 Å². The molecular formula is C15H21N5O2. The van der Waals surface area contributed by atoms with E-state index in [4.69, 9.17) is 4.74 Å². The van der Waals surface area contributed by atoms with Crippen LogP contribution in [-0.2, 0) is 19.6 Å². The summed E-state index contributed by atoms with van der Waals surface area (Å²) in [6, 6.07) is 7.48. The number of aryl methyl sites for hydroxylation is 1. The van der Waals surface area contributed by atoms with Crippen molar-refractivity contribution >= 4 is 6.03 Å². The number of para-hydroxylation sites is 1. The third kappa shape index (κ3) is 3.75. The molecule has 0 aliphatic heterocycles. The molecule has 7 nitrogen and oxygen atoms in total. The van der Waals surface area contributed by atoms with Crippen molar-refractivity contribution in [3.63, 3.8) is 0 Å². The van der Waals surface area contributed by atoms with Crippen molar-refractivity contribution in [1.82, 2.24) is 25.0 Å². The van der Waals surface area contributed by atoms with Gasteiger partial charge in [0.05, 0.1) is 20.2 Å². The lowest BCUT2D eigenvalue weighted by molar-refractivity contribution is 0.205. The van der Waals surface area contributed by atoms with Gasteiger partial charge in [0.15, 0.2) is 5.82 Å². The molecule has 0 unspecified atom stereocenters. The van der Waals surface area contributed by atoms with Gasteiger partial charge in [-0.3, -0.25) is 0 Å². The van der Waals surface area contributed by atoms with Crippen LogP contribution in [0.5, 0.6) is 5.75 Å². The van der Waals surface area contributed by atoms with Crippen LogP contribution in [-0.4, -0.2) is 39.9 Å². The average Bonchev–Trinajstić information content (AvgIpc) is 3.00. The Bertz CT molecular complexity index is 626. The zero-order chi connectivity index (χ0) is 15.9. The second-order valence-electron chi connectivity index (χ2n) is 4.86. The number of ether oxygens (including phenoxy) is 1. The molecule has 1 heterocycles. The number of nitrogens with zero attached hydrogens (tertiary/aromatic N) is 4. The lowest BCUT2D eigenvalue weighted by Gasteiger charge is -2.19. The fourth-order valence-electron chi connectivity index (χ4n) is 2.13. The summed E-state index contributed by atoms with van der Waals surface area (Å²) < 4.78 is 7.18. The predicted molar refractivity (Wildman–Crippen MR) is 82.4 cm³/mol. The molecular weight excluding hydrogens is 282 g/mol. The van der Waals surface area contributed by atoms with E-state index in [9.17, 15) is 4.79 Å². The van der Waals surface area contributed by atoms with Crippen molar-refractivity contribution in [3.8, 4) is 5.75 Å². The van der Waals surface area contributed by atoms with Crippen LogP contribution in [0.25, 0.3) is 0 Å². The van der Waals surface area contributed by atoms with Gasteiger partial charge in [-0.2, -0.15) is 0 Å². The molecule has 0 saturated heterocycles. The predicted octanol–water partition coefficient (Wildman–Crippen LogP) is 1.65. The maximum absolute atomic E-state index is 12.2. The summed E-state index contributed by atoms with van der Waals surface area (Å²) in [6.45, 7) is 3.59. The Morgan fingerprint density at radius 3 is 2.91 bits per heavy atom. The van der Waals surface area contributed by atoms with Crippen LogP contribution in [0.2, 0.25) is 0 Å². The van der Waals surface area contributed by atoms with E-state index in [1.807, 2.05) is 35.8 Å². The first-order valence-electron chi connectivity index (χ1n) is 7.13. The van der Waals surface area contributed by atoms with E-state index in [1.54, 1.807) is 25.4 Å². The monoisotopic (exact) mass is 303 g/mol. The maximum atomic E-state index is 12.2. The number of aromatic nitrogens is 3.